The molecule has 0 fully saturated rings. The third-order valence-corrected chi connectivity index (χ3v) is 13.5. The Hall–Kier alpha value is -2.89. The molecule has 0 spiro atoms. The second-order valence-corrected chi connectivity index (χ2v) is 20.7. The molecule has 0 bridgehead atoms. The summed E-state index contributed by atoms with van der Waals surface area (Å²) in [5.41, 5.74) is 0. The molecule has 0 aromatic carbocycles. The highest BCUT2D eigenvalue weighted by Gasteiger charge is 2.19. The van der Waals surface area contributed by atoms with E-state index in [9.17, 15) is 14.4 Å². The molecule has 0 aliphatic heterocycles. The van der Waals surface area contributed by atoms with E-state index in [4.69, 9.17) is 14.2 Å². The van der Waals surface area contributed by atoms with E-state index in [1.54, 1.807) is 0 Å². The molecule has 6 nitrogen and oxygen atoms in total. The van der Waals surface area contributed by atoms with Crippen LogP contribution in [0.15, 0.2) is 60.8 Å². The monoisotopic (exact) mass is 993 g/mol. The summed E-state index contributed by atoms with van der Waals surface area (Å²) >= 11 is 0. The van der Waals surface area contributed by atoms with Crippen molar-refractivity contribution < 1.29 is 28.6 Å². The number of ether oxygens (including phenoxy) is 3. The Morgan fingerprint density at radius 2 is 0.521 bits per heavy atom. The molecule has 6 heteroatoms. The van der Waals surface area contributed by atoms with E-state index in [1.165, 1.54) is 186 Å². The van der Waals surface area contributed by atoms with E-state index in [2.05, 4.69) is 81.5 Å². The first kappa shape index (κ1) is 68.1. The zero-order chi connectivity index (χ0) is 51.4. The standard InChI is InChI=1S/C65H116O6/c1-4-7-10-13-16-19-22-25-28-31-34-37-40-43-46-49-52-55-58-64(67)70-61-62(60-69-63(66)57-54-51-48-45-42-39-36-33-30-27-24-21-18-15-12-9-6-3)71-65(68)59-56-53-50-47-44-41-38-35-32-29-26-23-20-17-14-11-8-5-2/h22,25,27-28,30-31,34-35,37-38,62H,4-21,23-24,26,29,32-33,36,39-61H2,1-3H3/b25-22-,30-27-,31-28-,37-34-,38-35-. The van der Waals surface area contributed by atoms with Crippen LogP contribution in [0.25, 0.3) is 0 Å². The molecular formula is C65H116O6. The fourth-order valence-corrected chi connectivity index (χ4v) is 8.85. The summed E-state index contributed by atoms with van der Waals surface area (Å²) in [4.78, 5) is 38.3. The molecule has 0 aliphatic carbocycles. The molecule has 0 radical (unpaired) electrons. The van der Waals surface area contributed by atoms with Crippen molar-refractivity contribution in [1.29, 1.82) is 0 Å². The molecule has 0 saturated carbocycles. The largest absolute Gasteiger partial charge is 0.462 e. The minimum Gasteiger partial charge on any atom is -0.462 e. The number of allylic oxidation sites excluding steroid dienone is 10. The SMILES string of the molecule is CCCCCCC\C=C/C=C\C=C/CCCCCCCC(=O)OCC(COC(=O)CCCCCCCCC/C=C\CCCCCCCC)OC(=O)CCCCCCC/C=C\CCCCCCCCCCC. The van der Waals surface area contributed by atoms with Gasteiger partial charge in [-0.3, -0.25) is 14.4 Å². The van der Waals surface area contributed by atoms with Crippen LogP contribution < -0.4 is 0 Å². The molecule has 0 rings (SSSR count). The zero-order valence-electron chi connectivity index (χ0n) is 47.2. The summed E-state index contributed by atoms with van der Waals surface area (Å²) in [6.45, 7) is 6.63. The van der Waals surface area contributed by atoms with E-state index in [0.717, 1.165) is 89.9 Å². The van der Waals surface area contributed by atoms with Crippen molar-refractivity contribution in [3.05, 3.63) is 60.8 Å². The number of carbonyl (C=O) groups is 3. The molecule has 0 aliphatic rings. The highest BCUT2D eigenvalue weighted by atomic mass is 16.6. The average molecular weight is 994 g/mol. The number of unbranched alkanes of at least 4 members (excludes halogenated alkanes) is 37. The van der Waals surface area contributed by atoms with Gasteiger partial charge < -0.3 is 14.2 Å². The van der Waals surface area contributed by atoms with E-state index in [1.807, 2.05) is 0 Å². The first-order valence-electron chi connectivity index (χ1n) is 30.8. The third-order valence-electron chi connectivity index (χ3n) is 13.5. The summed E-state index contributed by atoms with van der Waals surface area (Å²) in [5.74, 6) is -0.903. The van der Waals surface area contributed by atoms with Crippen molar-refractivity contribution in [2.75, 3.05) is 13.2 Å². The van der Waals surface area contributed by atoms with Crippen LogP contribution in [0.1, 0.15) is 316 Å². The van der Waals surface area contributed by atoms with Crippen molar-refractivity contribution in [3.8, 4) is 0 Å². The van der Waals surface area contributed by atoms with E-state index >= 15 is 0 Å². The minimum absolute atomic E-state index is 0.0853. The molecule has 0 N–H and O–H groups in total. The quantitative estimate of drug-likeness (QED) is 0.0199. The predicted octanol–water partition coefficient (Wildman–Crippen LogP) is 20.8. The number of esters is 3. The average Bonchev–Trinajstić information content (AvgIpc) is 3.37. The van der Waals surface area contributed by atoms with Crippen molar-refractivity contribution in [2.24, 2.45) is 0 Å². The maximum Gasteiger partial charge on any atom is 0.306 e. The molecular weight excluding hydrogens is 877 g/mol. The molecule has 0 saturated heterocycles. The second kappa shape index (κ2) is 59.7. The van der Waals surface area contributed by atoms with Gasteiger partial charge in [-0.2, -0.15) is 0 Å². The minimum atomic E-state index is -0.789. The van der Waals surface area contributed by atoms with Gasteiger partial charge in [0, 0.05) is 19.3 Å². The number of hydrogen-bond donors (Lipinski definition) is 0. The van der Waals surface area contributed by atoms with Crippen LogP contribution in [0, 0.1) is 0 Å². The van der Waals surface area contributed by atoms with Crippen LogP contribution in [-0.2, 0) is 28.6 Å². The zero-order valence-corrected chi connectivity index (χ0v) is 47.2. The van der Waals surface area contributed by atoms with Gasteiger partial charge in [0.05, 0.1) is 0 Å². The molecule has 0 aromatic heterocycles. The van der Waals surface area contributed by atoms with Crippen LogP contribution in [0.5, 0.6) is 0 Å². The van der Waals surface area contributed by atoms with Gasteiger partial charge in [-0.1, -0.05) is 261 Å². The van der Waals surface area contributed by atoms with Gasteiger partial charge in [-0.05, 0) is 96.3 Å². The van der Waals surface area contributed by atoms with E-state index in [0.29, 0.717) is 19.3 Å². The normalized spacial score (nSPS) is 12.4. The van der Waals surface area contributed by atoms with Gasteiger partial charge in [0.1, 0.15) is 13.2 Å². The van der Waals surface area contributed by atoms with Gasteiger partial charge in [-0.15, -0.1) is 0 Å². The maximum atomic E-state index is 12.9. The Kier molecular flexibility index (Phi) is 57.2. The molecule has 71 heavy (non-hydrogen) atoms. The lowest BCUT2D eigenvalue weighted by atomic mass is 10.1. The Morgan fingerprint density at radius 3 is 0.817 bits per heavy atom. The Morgan fingerprint density at radius 1 is 0.282 bits per heavy atom. The van der Waals surface area contributed by atoms with E-state index < -0.39 is 6.10 Å². The Balaban J connectivity index is 4.42. The van der Waals surface area contributed by atoms with E-state index in [-0.39, 0.29) is 31.1 Å². The summed E-state index contributed by atoms with van der Waals surface area (Å²) in [7, 11) is 0. The smallest absolute Gasteiger partial charge is 0.306 e. The van der Waals surface area contributed by atoms with Crippen LogP contribution in [0.4, 0.5) is 0 Å². The lowest BCUT2D eigenvalue weighted by molar-refractivity contribution is -0.167. The van der Waals surface area contributed by atoms with Gasteiger partial charge in [-0.25, -0.2) is 0 Å². The summed E-state index contributed by atoms with van der Waals surface area (Å²) in [6, 6.07) is 0. The van der Waals surface area contributed by atoms with Gasteiger partial charge in [0.15, 0.2) is 6.10 Å². The molecule has 0 amide bonds. The number of carbonyl (C=O) groups excluding carboxylic acids is 3. The fraction of sp³-hybridized carbons (Fsp3) is 0.800. The van der Waals surface area contributed by atoms with Gasteiger partial charge >= 0.3 is 17.9 Å². The first-order valence-corrected chi connectivity index (χ1v) is 30.8. The Labute approximate surface area is 440 Å². The highest BCUT2D eigenvalue weighted by molar-refractivity contribution is 5.71. The third kappa shape index (κ3) is 57.9. The first-order chi connectivity index (χ1) is 35.0. The summed E-state index contributed by atoms with van der Waals surface area (Å²) in [6.07, 6.45) is 75.0. The van der Waals surface area contributed by atoms with Crippen molar-refractivity contribution in [1.82, 2.24) is 0 Å². The molecule has 412 valence electrons. The molecule has 0 aromatic rings. The van der Waals surface area contributed by atoms with Crippen LogP contribution >= 0.6 is 0 Å². The Bertz CT molecular complexity index is 1280. The molecule has 1 unspecified atom stereocenters. The van der Waals surface area contributed by atoms with Crippen molar-refractivity contribution >= 4 is 17.9 Å². The van der Waals surface area contributed by atoms with Crippen molar-refractivity contribution in [2.45, 2.75) is 322 Å². The van der Waals surface area contributed by atoms with Crippen LogP contribution in [0.2, 0.25) is 0 Å². The fourth-order valence-electron chi connectivity index (χ4n) is 8.85. The maximum absolute atomic E-state index is 12.9. The van der Waals surface area contributed by atoms with Gasteiger partial charge in [0.25, 0.3) is 0 Å². The summed E-state index contributed by atoms with van der Waals surface area (Å²) in [5, 5.41) is 0. The lowest BCUT2D eigenvalue weighted by Gasteiger charge is -2.18. The van der Waals surface area contributed by atoms with Crippen LogP contribution in [-0.4, -0.2) is 37.2 Å². The molecule has 0 heterocycles. The highest BCUT2D eigenvalue weighted by Crippen LogP contribution is 2.16. The topological polar surface area (TPSA) is 78.9 Å². The van der Waals surface area contributed by atoms with Crippen LogP contribution in [0.3, 0.4) is 0 Å². The van der Waals surface area contributed by atoms with Crippen molar-refractivity contribution in [3.63, 3.8) is 0 Å². The predicted molar refractivity (Wildman–Crippen MR) is 307 cm³/mol. The number of rotatable bonds is 56. The lowest BCUT2D eigenvalue weighted by Crippen LogP contribution is -2.30. The summed E-state index contributed by atoms with van der Waals surface area (Å²) < 4.78 is 16.9. The number of hydrogen-bond acceptors (Lipinski definition) is 6. The van der Waals surface area contributed by atoms with Gasteiger partial charge in [0.2, 0.25) is 0 Å². The molecule has 1 atom stereocenters. The second-order valence-electron chi connectivity index (χ2n) is 20.7.